The Labute approximate surface area is 181 Å². The summed E-state index contributed by atoms with van der Waals surface area (Å²) in [5, 5.41) is 3.27. The van der Waals surface area contributed by atoms with Crippen LogP contribution in [0.3, 0.4) is 0 Å². The molecule has 0 aliphatic heterocycles. The van der Waals surface area contributed by atoms with Crippen LogP contribution in [0.15, 0.2) is 41.3 Å². The summed E-state index contributed by atoms with van der Waals surface area (Å²) in [7, 11) is -3.72. The van der Waals surface area contributed by atoms with Crippen molar-refractivity contribution in [3.05, 3.63) is 52.0 Å². The molecule has 0 spiro atoms. The monoisotopic (exact) mass is 458 g/mol. The molecule has 0 radical (unpaired) electrons. The Bertz CT molecular complexity index is 976. The highest BCUT2D eigenvalue weighted by Gasteiger charge is 2.24. The summed E-state index contributed by atoms with van der Waals surface area (Å²) in [6.45, 7) is 6.59. The maximum absolute atomic E-state index is 12.9. The van der Waals surface area contributed by atoms with Crippen LogP contribution < -0.4 is 10.1 Å². The fourth-order valence-corrected chi connectivity index (χ4v) is 4.54. The Morgan fingerprint density at radius 1 is 1.07 bits per heavy atom. The molecule has 0 bridgehead atoms. The van der Waals surface area contributed by atoms with Crippen molar-refractivity contribution in [3.8, 4) is 5.75 Å². The summed E-state index contributed by atoms with van der Waals surface area (Å²) < 4.78 is 32.5. The second kappa shape index (κ2) is 10.3. The molecule has 6 nitrogen and oxygen atoms in total. The Morgan fingerprint density at radius 3 is 2.38 bits per heavy atom. The molecule has 1 amide bonds. The van der Waals surface area contributed by atoms with E-state index < -0.39 is 15.9 Å². The lowest BCUT2D eigenvalue weighted by atomic mass is 10.2. The first-order chi connectivity index (χ1) is 13.7. The molecule has 0 saturated carbocycles. The van der Waals surface area contributed by atoms with E-state index >= 15 is 0 Å². The van der Waals surface area contributed by atoms with Gasteiger partial charge in [-0.2, -0.15) is 4.31 Å². The molecule has 9 heteroatoms. The second-order valence-corrected chi connectivity index (χ2v) is 8.96. The van der Waals surface area contributed by atoms with Gasteiger partial charge in [0.15, 0.2) is 0 Å². The fourth-order valence-electron chi connectivity index (χ4n) is 2.68. The fraction of sp³-hybridized carbons (Fsp3) is 0.350. The third-order valence-corrected chi connectivity index (χ3v) is 6.79. The van der Waals surface area contributed by atoms with Crippen LogP contribution in [0.1, 0.15) is 37.6 Å². The standard InChI is InChI=1S/C20H24Cl2N2O4S/c1-4-11-28-19-10-7-14(21)12-18(19)23-20(25)16-13-15(8-9-17(16)22)29(26,27)24(5-2)6-3/h7-10,12-13H,4-6,11H2,1-3H3,(H,23,25). The van der Waals surface area contributed by atoms with Gasteiger partial charge in [-0.1, -0.05) is 44.0 Å². The number of benzene rings is 2. The largest absolute Gasteiger partial charge is 0.491 e. The molecule has 2 rings (SSSR count). The molecule has 0 aliphatic rings. The van der Waals surface area contributed by atoms with E-state index in [4.69, 9.17) is 27.9 Å². The van der Waals surface area contributed by atoms with Crippen LogP contribution in [0, 0.1) is 0 Å². The molecule has 0 atom stereocenters. The number of rotatable bonds is 9. The number of anilines is 1. The molecule has 0 fully saturated rings. The highest BCUT2D eigenvalue weighted by molar-refractivity contribution is 7.89. The summed E-state index contributed by atoms with van der Waals surface area (Å²) in [4.78, 5) is 12.9. The van der Waals surface area contributed by atoms with Gasteiger partial charge in [0.2, 0.25) is 10.0 Å². The van der Waals surface area contributed by atoms with E-state index in [1.807, 2.05) is 6.92 Å². The van der Waals surface area contributed by atoms with E-state index in [2.05, 4.69) is 5.32 Å². The number of carbonyl (C=O) groups is 1. The van der Waals surface area contributed by atoms with Crippen molar-refractivity contribution in [3.63, 3.8) is 0 Å². The molecule has 0 saturated heterocycles. The van der Waals surface area contributed by atoms with E-state index in [9.17, 15) is 13.2 Å². The third kappa shape index (κ3) is 5.63. The molecule has 158 valence electrons. The Balaban J connectivity index is 2.39. The summed E-state index contributed by atoms with van der Waals surface area (Å²) >= 11 is 12.2. The van der Waals surface area contributed by atoms with Gasteiger partial charge >= 0.3 is 0 Å². The van der Waals surface area contributed by atoms with Gasteiger partial charge in [0.25, 0.3) is 5.91 Å². The number of sulfonamides is 1. The second-order valence-electron chi connectivity index (χ2n) is 6.17. The van der Waals surface area contributed by atoms with Gasteiger partial charge in [0, 0.05) is 18.1 Å². The van der Waals surface area contributed by atoms with Crippen LogP contribution in [0.2, 0.25) is 10.0 Å². The van der Waals surface area contributed by atoms with Crippen LogP contribution in [0.25, 0.3) is 0 Å². The minimum atomic E-state index is -3.72. The molecule has 0 heterocycles. The average Bonchev–Trinajstić information content (AvgIpc) is 2.68. The normalized spacial score (nSPS) is 11.5. The maximum atomic E-state index is 12.9. The van der Waals surface area contributed by atoms with E-state index in [1.54, 1.807) is 32.0 Å². The van der Waals surface area contributed by atoms with Crippen molar-refractivity contribution in [2.75, 3.05) is 25.0 Å². The summed E-state index contributed by atoms with van der Waals surface area (Å²) in [5.74, 6) is -0.0946. The molecule has 2 aromatic carbocycles. The van der Waals surface area contributed by atoms with Crippen molar-refractivity contribution in [2.24, 2.45) is 0 Å². The maximum Gasteiger partial charge on any atom is 0.257 e. The van der Waals surface area contributed by atoms with E-state index in [1.165, 1.54) is 22.5 Å². The molecule has 0 aliphatic carbocycles. The zero-order valence-electron chi connectivity index (χ0n) is 16.5. The minimum absolute atomic E-state index is 0.00398. The summed E-state index contributed by atoms with van der Waals surface area (Å²) in [6, 6.07) is 8.96. The molecule has 2 aromatic rings. The van der Waals surface area contributed by atoms with Gasteiger partial charge in [-0.15, -0.1) is 0 Å². The van der Waals surface area contributed by atoms with Crippen molar-refractivity contribution in [2.45, 2.75) is 32.1 Å². The van der Waals surface area contributed by atoms with Crippen LogP contribution in [-0.4, -0.2) is 38.3 Å². The summed E-state index contributed by atoms with van der Waals surface area (Å²) in [6.07, 6.45) is 0.799. The molecule has 1 N–H and O–H groups in total. The minimum Gasteiger partial charge on any atom is -0.491 e. The average molecular weight is 459 g/mol. The van der Waals surface area contributed by atoms with Crippen LogP contribution in [0.4, 0.5) is 5.69 Å². The van der Waals surface area contributed by atoms with Crippen molar-refractivity contribution in [1.82, 2.24) is 4.31 Å². The first kappa shape index (κ1) is 23.5. The molecular weight excluding hydrogens is 435 g/mol. The van der Waals surface area contributed by atoms with E-state index in [-0.39, 0.29) is 15.5 Å². The SMILES string of the molecule is CCCOc1ccc(Cl)cc1NC(=O)c1cc(S(=O)(=O)N(CC)CC)ccc1Cl. The molecule has 0 aromatic heterocycles. The predicted molar refractivity (Wildman–Crippen MR) is 117 cm³/mol. The van der Waals surface area contributed by atoms with E-state index in [0.717, 1.165) is 6.42 Å². The topological polar surface area (TPSA) is 75.7 Å². The van der Waals surface area contributed by atoms with Gasteiger partial charge in [0.05, 0.1) is 27.8 Å². The van der Waals surface area contributed by atoms with Gasteiger partial charge in [0.1, 0.15) is 5.75 Å². The quantitative estimate of drug-likeness (QED) is 0.569. The lowest BCUT2D eigenvalue weighted by Gasteiger charge is -2.19. The van der Waals surface area contributed by atoms with E-state index in [0.29, 0.717) is 36.2 Å². The number of nitrogens with one attached hydrogen (secondary N) is 1. The van der Waals surface area contributed by atoms with Crippen LogP contribution in [-0.2, 0) is 10.0 Å². The number of hydrogen-bond donors (Lipinski definition) is 1. The number of amides is 1. The first-order valence-electron chi connectivity index (χ1n) is 9.27. The Hall–Kier alpha value is -1.80. The van der Waals surface area contributed by atoms with Gasteiger partial charge in [-0.3, -0.25) is 4.79 Å². The summed E-state index contributed by atoms with van der Waals surface area (Å²) in [5.41, 5.74) is 0.422. The number of halogens is 2. The van der Waals surface area contributed by atoms with Gasteiger partial charge in [-0.25, -0.2) is 8.42 Å². The number of nitrogens with zero attached hydrogens (tertiary/aromatic N) is 1. The van der Waals surface area contributed by atoms with Gasteiger partial charge in [-0.05, 0) is 42.8 Å². The first-order valence-corrected chi connectivity index (χ1v) is 11.5. The number of hydrogen-bond acceptors (Lipinski definition) is 4. The molecular formula is C20H24Cl2N2O4S. The number of ether oxygens (including phenoxy) is 1. The third-order valence-electron chi connectivity index (χ3n) is 4.18. The highest BCUT2D eigenvalue weighted by atomic mass is 35.5. The zero-order valence-corrected chi connectivity index (χ0v) is 18.9. The smallest absolute Gasteiger partial charge is 0.257 e. The van der Waals surface area contributed by atoms with Crippen molar-refractivity contribution in [1.29, 1.82) is 0 Å². The van der Waals surface area contributed by atoms with Crippen LogP contribution in [0.5, 0.6) is 5.75 Å². The molecule has 29 heavy (non-hydrogen) atoms. The zero-order chi connectivity index (χ0) is 21.6. The Kier molecular flexibility index (Phi) is 8.34. The van der Waals surface area contributed by atoms with Crippen molar-refractivity contribution >= 4 is 44.8 Å². The van der Waals surface area contributed by atoms with Crippen molar-refractivity contribution < 1.29 is 17.9 Å². The highest BCUT2D eigenvalue weighted by Crippen LogP contribution is 2.30. The lowest BCUT2D eigenvalue weighted by Crippen LogP contribution is -2.30. The predicted octanol–water partition coefficient (Wildman–Crippen LogP) is 5.07. The molecule has 0 unspecified atom stereocenters. The lowest BCUT2D eigenvalue weighted by molar-refractivity contribution is 0.102. The van der Waals surface area contributed by atoms with Gasteiger partial charge < -0.3 is 10.1 Å². The number of carbonyl (C=O) groups excluding carboxylic acids is 1. The Morgan fingerprint density at radius 2 is 1.76 bits per heavy atom. The van der Waals surface area contributed by atoms with Crippen LogP contribution >= 0.6 is 23.2 Å².